The van der Waals surface area contributed by atoms with Crippen LogP contribution < -0.4 is 21.2 Å². The summed E-state index contributed by atoms with van der Waals surface area (Å²) in [4.78, 5) is 38.7. The van der Waals surface area contributed by atoms with Gasteiger partial charge in [-0.3, -0.25) is 14.6 Å². The second-order valence-corrected chi connectivity index (χ2v) is 22.8. The van der Waals surface area contributed by atoms with E-state index in [0.29, 0.717) is 35.6 Å². The van der Waals surface area contributed by atoms with Crippen molar-refractivity contribution < 1.29 is 18.7 Å². The van der Waals surface area contributed by atoms with Crippen molar-refractivity contribution in [2.75, 3.05) is 33.2 Å². The molecule has 0 radical (unpaired) electrons. The lowest BCUT2D eigenvalue weighted by Crippen LogP contribution is -2.67. The highest BCUT2D eigenvalue weighted by Crippen LogP contribution is 2.41. The highest BCUT2D eigenvalue weighted by Gasteiger charge is 2.51. The van der Waals surface area contributed by atoms with Crippen molar-refractivity contribution in [2.45, 2.75) is 83.1 Å². The van der Waals surface area contributed by atoms with Crippen molar-refractivity contribution in [2.24, 2.45) is 4.99 Å². The molecule has 1 aliphatic rings. The second kappa shape index (κ2) is 17.7. The van der Waals surface area contributed by atoms with E-state index in [4.69, 9.17) is 18.9 Å². The summed E-state index contributed by atoms with van der Waals surface area (Å²) >= 11 is 0. The summed E-state index contributed by atoms with van der Waals surface area (Å²) in [5.74, 6) is 6.46. The van der Waals surface area contributed by atoms with E-state index in [-0.39, 0.29) is 39.8 Å². The molecule has 1 amide bonds. The highest BCUT2D eigenvalue weighted by molar-refractivity contribution is 8.77. The summed E-state index contributed by atoms with van der Waals surface area (Å²) in [5, 5.41) is 5.14. The number of rotatable bonds is 13. The molecule has 54 heavy (non-hydrogen) atoms. The lowest BCUT2D eigenvalue weighted by molar-refractivity contribution is -0.118. The molecular formula is C40H52N6O5S2Si. The van der Waals surface area contributed by atoms with Crippen molar-refractivity contribution in [3.8, 4) is 11.8 Å². The first kappa shape index (κ1) is 41.3. The predicted molar refractivity (Wildman–Crippen MR) is 225 cm³/mol. The molecule has 1 aliphatic heterocycles. The first-order valence-electron chi connectivity index (χ1n) is 18.0. The van der Waals surface area contributed by atoms with E-state index in [1.54, 1.807) is 39.0 Å². The summed E-state index contributed by atoms with van der Waals surface area (Å²) in [6.45, 7) is 15.2. The van der Waals surface area contributed by atoms with E-state index in [9.17, 15) is 9.59 Å². The molecule has 0 saturated carbocycles. The molecule has 2 aromatic carbocycles. The van der Waals surface area contributed by atoms with Crippen molar-refractivity contribution in [3.63, 3.8) is 0 Å². The van der Waals surface area contributed by atoms with Gasteiger partial charge in [-0.25, -0.2) is 4.99 Å². The fourth-order valence-electron chi connectivity index (χ4n) is 6.48. The fraction of sp³-hybridized carbons (Fsp3) is 0.450. The lowest BCUT2D eigenvalue weighted by atomic mass is 10.2. The molecule has 11 nitrogen and oxygen atoms in total. The fourth-order valence-corrected chi connectivity index (χ4v) is 13.1. The van der Waals surface area contributed by atoms with Gasteiger partial charge in [0.05, 0.1) is 36.5 Å². The molecule has 0 bridgehead atoms. The minimum Gasteiger partial charge on any atom is -0.405 e. The number of amides is 1. The largest absolute Gasteiger partial charge is 0.405 e. The van der Waals surface area contributed by atoms with Gasteiger partial charge in [-0.05, 0) is 15.4 Å². The zero-order chi connectivity index (χ0) is 39.1. The number of carbonyl (C=O) groups is 1. The summed E-state index contributed by atoms with van der Waals surface area (Å²) < 4.78 is 22.8. The van der Waals surface area contributed by atoms with Gasteiger partial charge in [0, 0.05) is 38.4 Å². The Morgan fingerprint density at radius 1 is 1.11 bits per heavy atom. The molecule has 4 aromatic rings. The van der Waals surface area contributed by atoms with Crippen LogP contribution in [-0.4, -0.2) is 90.1 Å². The first-order chi connectivity index (χ1) is 25.6. The van der Waals surface area contributed by atoms with E-state index in [1.807, 2.05) is 30.8 Å². The number of carbonyl (C=O) groups excluding carboxylic acids is 1. The van der Waals surface area contributed by atoms with Crippen LogP contribution in [0.25, 0.3) is 11.0 Å². The SMILES string of the molecule is CC(=O)NCC#Cc1cn([C@H]2CC(OCSSC(C)(C)C)[C@@H](CO[Si](c3ccccc3)(c3ccccc3)C(C)(C)C)O2)c2nc(N=CN(C)C)[nH]c(=O)c12. The van der Waals surface area contributed by atoms with Crippen LogP contribution in [0.1, 0.15) is 66.7 Å². The van der Waals surface area contributed by atoms with Crippen molar-refractivity contribution in [3.05, 3.63) is 82.8 Å². The van der Waals surface area contributed by atoms with Gasteiger partial charge in [0.15, 0.2) is 5.65 Å². The number of H-pyrrole nitrogens is 1. The number of nitrogens with one attached hydrogen (secondary N) is 2. The van der Waals surface area contributed by atoms with Gasteiger partial charge in [-0.15, -0.1) is 0 Å². The number of aliphatic imine (C=N–C) groups is 1. The lowest BCUT2D eigenvalue weighted by Gasteiger charge is -2.43. The topological polar surface area (TPSA) is 123 Å². The van der Waals surface area contributed by atoms with E-state index >= 15 is 0 Å². The highest BCUT2D eigenvalue weighted by atomic mass is 33.1. The Kier molecular flexibility index (Phi) is 13.6. The standard InChI is InChI=1S/C40H52N6O5S2Si/c1-28(47)41-22-16-17-29-24-46(36-35(29)37(48)44-38(43-36)42-26-45(8)9)34-23-32(49-27-52-53-39(2,3)4)33(51-34)25-50-54(40(5,6)7,30-18-12-10-13-19-30)31-20-14-11-15-21-31/h10-15,18-21,24,26,32-34H,22-23,25,27H2,1-9H3,(H,41,47)(H,43,44,48)/t32?,33-,34-/m1/s1. The minimum atomic E-state index is -2.89. The Morgan fingerprint density at radius 3 is 2.33 bits per heavy atom. The maximum atomic E-state index is 13.6. The number of aromatic nitrogens is 3. The third-order valence-electron chi connectivity index (χ3n) is 8.74. The molecule has 1 fully saturated rings. The average molecular weight is 789 g/mol. The predicted octanol–water partition coefficient (Wildman–Crippen LogP) is 5.82. The van der Waals surface area contributed by atoms with E-state index in [0.717, 1.165) is 0 Å². The zero-order valence-electron chi connectivity index (χ0n) is 32.6. The van der Waals surface area contributed by atoms with Crippen LogP contribution in [0.2, 0.25) is 5.04 Å². The van der Waals surface area contributed by atoms with E-state index < -0.39 is 20.6 Å². The maximum Gasteiger partial charge on any atom is 0.263 e. The number of fused-ring (bicyclic) bond motifs is 1. The second-order valence-electron chi connectivity index (χ2n) is 15.4. The van der Waals surface area contributed by atoms with Gasteiger partial charge in [0.25, 0.3) is 13.9 Å². The molecule has 2 N–H and O–H groups in total. The smallest absolute Gasteiger partial charge is 0.263 e. The molecule has 2 aromatic heterocycles. The zero-order valence-corrected chi connectivity index (χ0v) is 35.3. The quantitative estimate of drug-likeness (QED) is 0.0328. The van der Waals surface area contributed by atoms with Crippen LogP contribution in [0.4, 0.5) is 5.95 Å². The number of benzene rings is 2. The Balaban J connectivity index is 1.55. The van der Waals surface area contributed by atoms with Crippen LogP contribution in [0.3, 0.4) is 0 Å². The Bertz CT molecular complexity index is 1990. The molecule has 5 rings (SSSR count). The van der Waals surface area contributed by atoms with Gasteiger partial charge in [-0.1, -0.05) is 136 Å². The number of nitrogens with zero attached hydrogens (tertiary/aromatic N) is 4. The molecule has 3 heterocycles. The summed E-state index contributed by atoms with van der Waals surface area (Å²) in [5.41, 5.74) is 0.488. The van der Waals surface area contributed by atoms with Gasteiger partial charge >= 0.3 is 0 Å². The third kappa shape index (κ3) is 10.1. The number of aromatic amines is 1. The molecule has 1 unspecified atom stereocenters. The van der Waals surface area contributed by atoms with Crippen molar-refractivity contribution in [1.82, 2.24) is 24.8 Å². The molecule has 1 saturated heterocycles. The normalized spacial score (nSPS) is 17.8. The minimum absolute atomic E-state index is 0.0709. The molecule has 288 valence electrons. The Morgan fingerprint density at radius 2 is 1.76 bits per heavy atom. The van der Waals surface area contributed by atoms with Gasteiger partial charge in [0.2, 0.25) is 11.9 Å². The summed E-state index contributed by atoms with van der Waals surface area (Å²) in [6.07, 6.45) is 2.56. The maximum absolute atomic E-state index is 13.6. The van der Waals surface area contributed by atoms with Gasteiger partial charge in [-0.2, -0.15) is 4.98 Å². The molecule has 0 spiro atoms. The number of hydrogen-bond donors (Lipinski definition) is 2. The molecular weight excluding hydrogens is 737 g/mol. The average Bonchev–Trinajstić information content (AvgIpc) is 3.69. The summed E-state index contributed by atoms with van der Waals surface area (Å²) in [7, 11) is 4.23. The number of hydrogen-bond acceptors (Lipinski definition) is 9. The Hall–Kier alpha value is -3.84. The first-order valence-corrected chi connectivity index (χ1v) is 22.2. The van der Waals surface area contributed by atoms with Crippen LogP contribution in [0.15, 0.2) is 76.6 Å². The number of ether oxygens (including phenoxy) is 2. The van der Waals surface area contributed by atoms with Crippen LogP contribution >= 0.6 is 21.6 Å². The van der Waals surface area contributed by atoms with Crippen LogP contribution in [0, 0.1) is 11.8 Å². The van der Waals surface area contributed by atoms with E-state index in [1.165, 1.54) is 17.3 Å². The van der Waals surface area contributed by atoms with Gasteiger partial charge in [0.1, 0.15) is 18.3 Å². The van der Waals surface area contributed by atoms with Crippen molar-refractivity contribution in [1.29, 1.82) is 0 Å². The Labute approximate surface area is 327 Å². The molecule has 0 aliphatic carbocycles. The van der Waals surface area contributed by atoms with Crippen LogP contribution in [-0.2, 0) is 18.7 Å². The van der Waals surface area contributed by atoms with Gasteiger partial charge < -0.3 is 28.7 Å². The molecule has 14 heteroatoms. The molecule has 3 atom stereocenters. The summed E-state index contributed by atoms with van der Waals surface area (Å²) in [6, 6.07) is 21.1. The van der Waals surface area contributed by atoms with Crippen LogP contribution in [0.5, 0.6) is 0 Å². The van der Waals surface area contributed by atoms with E-state index in [2.05, 4.69) is 117 Å². The third-order valence-corrected chi connectivity index (χ3v) is 16.7. The monoisotopic (exact) mass is 788 g/mol. The van der Waals surface area contributed by atoms with Crippen molar-refractivity contribution >= 4 is 69.5 Å².